The van der Waals surface area contributed by atoms with Crippen LogP contribution in [-0.4, -0.2) is 42.3 Å². The zero-order chi connectivity index (χ0) is 13.8. The topological polar surface area (TPSA) is 50.5 Å². The number of aromatic nitrogens is 1. The average Bonchev–Trinajstić information content (AvgIpc) is 3.12. The first-order valence-corrected chi connectivity index (χ1v) is 7.77. The standard InChI is InChI=1S/C15H25N3O2/c1-19-11-13-9-12(17-20-13)10-18-8-3-2-6-15(18)14-5-4-7-16-14/h9,14-16H,2-8,10-11H2,1H3. The van der Waals surface area contributed by atoms with Crippen molar-refractivity contribution < 1.29 is 9.26 Å². The molecule has 2 fully saturated rings. The summed E-state index contributed by atoms with van der Waals surface area (Å²) in [4.78, 5) is 2.58. The fourth-order valence-corrected chi connectivity index (χ4v) is 3.56. The van der Waals surface area contributed by atoms with Gasteiger partial charge in [0.1, 0.15) is 6.61 Å². The van der Waals surface area contributed by atoms with Gasteiger partial charge in [-0.1, -0.05) is 11.6 Å². The zero-order valence-corrected chi connectivity index (χ0v) is 12.3. The summed E-state index contributed by atoms with van der Waals surface area (Å²) in [5.41, 5.74) is 1.03. The van der Waals surface area contributed by atoms with Crippen LogP contribution in [0.2, 0.25) is 0 Å². The Hall–Kier alpha value is -0.910. The summed E-state index contributed by atoms with van der Waals surface area (Å²) in [6.45, 7) is 3.75. The lowest BCUT2D eigenvalue weighted by atomic mass is 9.94. The number of ether oxygens (including phenoxy) is 1. The van der Waals surface area contributed by atoms with Crippen LogP contribution in [0.3, 0.4) is 0 Å². The van der Waals surface area contributed by atoms with Gasteiger partial charge in [0, 0.05) is 31.8 Å². The number of nitrogens with zero attached hydrogens (tertiary/aromatic N) is 2. The predicted octanol–water partition coefficient (Wildman–Crippen LogP) is 1.93. The van der Waals surface area contributed by atoms with Crippen LogP contribution in [-0.2, 0) is 17.9 Å². The van der Waals surface area contributed by atoms with Crippen molar-refractivity contribution in [2.24, 2.45) is 0 Å². The van der Waals surface area contributed by atoms with Crippen LogP contribution in [0.25, 0.3) is 0 Å². The van der Waals surface area contributed by atoms with E-state index in [2.05, 4.69) is 15.4 Å². The fourth-order valence-electron chi connectivity index (χ4n) is 3.56. The molecule has 0 saturated carbocycles. The van der Waals surface area contributed by atoms with Gasteiger partial charge in [0.25, 0.3) is 0 Å². The van der Waals surface area contributed by atoms with E-state index in [1.165, 1.54) is 45.2 Å². The molecule has 3 heterocycles. The van der Waals surface area contributed by atoms with E-state index in [1.54, 1.807) is 7.11 Å². The molecule has 112 valence electrons. The summed E-state index contributed by atoms with van der Waals surface area (Å²) >= 11 is 0. The van der Waals surface area contributed by atoms with E-state index in [1.807, 2.05) is 6.07 Å². The Bertz CT molecular complexity index is 415. The first kappa shape index (κ1) is 14.0. The van der Waals surface area contributed by atoms with E-state index in [4.69, 9.17) is 9.26 Å². The summed E-state index contributed by atoms with van der Waals surface area (Å²) in [6, 6.07) is 3.35. The molecule has 3 rings (SSSR count). The molecular weight excluding hydrogens is 254 g/mol. The molecule has 0 amide bonds. The summed E-state index contributed by atoms with van der Waals surface area (Å²) in [5.74, 6) is 0.815. The molecule has 0 radical (unpaired) electrons. The van der Waals surface area contributed by atoms with E-state index >= 15 is 0 Å². The Morgan fingerprint density at radius 3 is 3.15 bits per heavy atom. The summed E-state index contributed by atoms with van der Waals surface area (Å²) in [5, 5.41) is 7.83. The van der Waals surface area contributed by atoms with Gasteiger partial charge in [-0.15, -0.1) is 0 Å². The van der Waals surface area contributed by atoms with Gasteiger partial charge in [0.05, 0.1) is 5.69 Å². The van der Waals surface area contributed by atoms with Crippen molar-refractivity contribution >= 4 is 0 Å². The molecule has 0 bridgehead atoms. The van der Waals surface area contributed by atoms with Gasteiger partial charge in [0.15, 0.2) is 5.76 Å². The van der Waals surface area contributed by atoms with Gasteiger partial charge in [0.2, 0.25) is 0 Å². The molecule has 0 spiro atoms. The first-order chi connectivity index (χ1) is 9.86. The highest BCUT2D eigenvalue weighted by molar-refractivity contribution is 5.05. The number of piperidine rings is 1. The molecule has 1 N–H and O–H groups in total. The number of hydrogen-bond acceptors (Lipinski definition) is 5. The Kier molecular flexibility index (Phi) is 4.70. The molecule has 0 aromatic carbocycles. The van der Waals surface area contributed by atoms with Crippen molar-refractivity contribution in [1.29, 1.82) is 0 Å². The van der Waals surface area contributed by atoms with Crippen LogP contribution in [0, 0.1) is 0 Å². The summed E-state index contributed by atoms with van der Waals surface area (Å²) in [7, 11) is 1.68. The maximum atomic E-state index is 5.29. The van der Waals surface area contributed by atoms with Crippen LogP contribution in [0.5, 0.6) is 0 Å². The van der Waals surface area contributed by atoms with E-state index in [-0.39, 0.29) is 0 Å². The molecule has 2 atom stereocenters. The van der Waals surface area contributed by atoms with Crippen molar-refractivity contribution in [2.45, 2.75) is 57.3 Å². The smallest absolute Gasteiger partial charge is 0.162 e. The number of hydrogen-bond donors (Lipinski definition) is 1. The Balaban J connectivity index is 1.63. The van der Waals surface area contributed by atoms with Crippen LogP contribution in [0.1, 0.15) is 43.6 Å². The number of rotatable bonds is 5. The highest BCUT2D eigenvalue weighted by Gasteiger charge is 2.31. The van der Waals surface area contributed by atoms with Gasteiger partial charge in [-0.2, -0.15) is 0 Å². The monoisotopic (exact) mass is 279 g/mol. The van der Waals surface area contributed by atoms with Crippen molar-refractivity contribution in [3.63, 3.8) is 0 Å². The normalized spacial score (nSPS) is 28.1. The summed E-state index contributed by atoms with van der Waals surface area (Å²) in [6.07, 6.45) is 6.59. The van der Waals surface area contributed by atoms with Crippen molar-refractivity contribution in [1.82, 2.24) is 15.4 Å². The van der Waals surface area contributed by atoms with Gasteiger partial charge in [-0.3, -0.25) is 4.90 Å². The molecule has 5 heteroatoms. The molecular formula is C15H25N3O2. The number of nitrogens with one attached hydrogen (secondary N) is 1. The minimum atomic E-state index is 0.501. The number of likely N-dealkylation sites (tertiary alicyclic amines) is 1. The second-order valence-electron chi connectivity index (χ2n) is 5.95. The third kappa shape index (κ3) is 3.22. The van der Waals surface area contributed by atoms with Gasteiger partial charge < -0.3 is 14.6 Å². The van der Waals surface area contributed by atoms with Gasteiger partial charge in [-0.05, 0) is 38.8 Å². The van der Waals surface area contributed by atoms with Crippen LogP contribution >= 0.6 is 0 Å². The molecule has 5 nitrogen and oxygen atoms in total. The van der Waals surface area contributed by atoms with Crippen molar-refractivity contribution in [3.8, 4) is 0 Å². The highest BCUT2D eigenvalue weighted by atomic mass is 16.5. The van der Waals surface area contributed by atoms with Gasteiger partial charge >= 0.3 is 0 Å². The molecule has 0 aliphatic carbocycles. The molecule has 2 aliphatic heterocycles. The zero-order valence-electron chi connectivity index (χ0n) is 12.3. The number of methoxy groups -OCH3 is 1. The van der Waals surface area contributed by atoms with E-state index < -0.39 is 0 Å². The third-order valence-electron chi connectivity index (χ3n) is 4.49. The molecule has 1 aromatic rings. The molecule has 2 aliphatic rings. The van der Waals surface area contributed by atoms with E-state index in [0.717, 1.165) is 18.0 Å². The maximum absolute atomic E-state index is 5.29. The summed E-state index contributed by atoms with van der Waals surface area (Å²) < 4.78 is 10.4. The highest BCUT2D eigenvalue weighted by Crippen LogP contribution is 2.25. The molecule has 2 saturated heterocycles. The minimum Gasteiger partial charge on any atom is -0.377 e. The molecule has 2 unspecified atom stereocenters. The molecule has 20 heavy (non-hydrogen) atoms. The van der Waals surface area contributed by atoms with Crippen LogP contribution < -0.4 is 5.32 Å². The quantitative estimate of drug-likeness (QED) is 0.892. The largest absolute Gasteiger partial charge is 0.377 e. The lowest BCUT2D eigenvalue weighted by molar-refractivity contribution is 0.109. The average molecular weight is 279 g/mol. The van der Waals surface area contributed by atoms with E-state index in [0.29, 0.717) is 18.7 Å². The Labute approximate surface area is 120 Å². The van der Waals surface area contributed by atoms with Crippen LogP contribution in [0.15, 0.2) is 10.6 Å². The SMILES string of the molecule is COCc1cc(CN2CCCCC2C2CCCN2)no1. The van der Waals surface area contributed by atoms with Gasteiger partial charge in [-0.25, -0.2) is 0 Å². The van der Waals surface area contributed by atoms with Crippen LogP contribution in [0.4, 0.5) is 0 Å². The minimum absolute atomic E-state index is 0.501. The second-order valence-corrected chi connectivity index (χ2v) is 5.95. The second kappa shape index (κ2) is 6.70. The lowest BCUT2D eigenvalue weighted by Crippen LogP contribution is -2.49. The van der Waals surface area contributed by atoms with E-state index in [9.17, 15) is 0 Å². The fraction of sp³-hybridized carbons (Fsp3) is 0.800. The Morgan fingerprint density at radius 2 is 2.35 bits per heavy atom. The van der Waals surface area contributed by atoms with Crippen molar-refractivity contribution in [3.05, 3.63) is 17.5 Å². The Morgan fingerprint density at radius 1 is 1.40 bits per heavy atom. The third-order valence-corrected chi connectivity index (χ3v) is 4.49. The first-order valence-electron chi connectivity index (χ1n) is 7.77. The molecule has 1 aromatic heterocycles. The lowest BCUT2D eigenvalue weighted by Gasteiger charge is -2.38. The predicted molar refractivity (Wildman–Crippen MR) is 76.3 cm³/mol. The maximum Gasteiger partial charge on any atom is 0.162 e. The van der Waals surface area contributed by atoms with Crippen molar-refractivity contribution in [2.75, 3.05) is 20.2 Å².